The monoisotopic (exact) mass is 1050 g/mol. The summed E-state index contributed by atoms with van der Waals surface area (Å²) in [5, 5.41) is 22.0. The van der Waals surface area contributed by atoms with E-state index in [0.717, 1.165) is 127 Å². The van der Waals surface area contributed by atoms with Crippen molar-refractivity contribution in [3.63, 3.8) is 0 Å². The number of benzene rings is 4. The van der Waals surface area contributed by atoms with Crippen molar-refractivity contribution < 1.29 is 42.2 Å². The Labute approximate surface area is 441 Å². The summed E-state index contributed by atoms with van der Waals surface area (Å²) in [5.74, 6) is -1.89. The summed E-state index contributed by atoms with van der Waals surface area (Å²) in [6.45, 7) is 5.31. The summed E-state index contributed by atoms with van der Waals surface area (Å²) in [7, 11) is 1.91. The van der Waals surface area contributed by atoms with Crippen LogP contribution in [0.25, 0.3) is 32.2 Å². The van der Waals surface area contributed by atoms with E-state index >= 15 is 0 Å². The number of aromatic nitrogens is 4. The number of aromatic carboxylic acids is 1. The topological polar surface area (TPSA) is 175 Å². The van der Waals surface area contributed by atoms with Crippen LogP contribution in [-0.4, -0.2) is 98.8 Å². The molecule has 0 bridgehead atoms. The molecule has 3 aromatic heterocycles. The molecule has 394 valence electrons. The molecule has 11 rings (SSSR count). The number of imide groups is 1. The first-order chi connectivity index (χ1) is 36.7. The molecule has 0 radical (unpaired) electrons. The Bertz CT molecular complexity index is 3330. The molecule has 1 saturated carbocycles. The maximum absolute atomic E-state index is 14.9. The number of rotatable bonds is 14. The number of alkyl halides is 3. The van der Waals surface area contributed by atoms with Crippen molar-refractivity contribution in [2.24, 2.45) is 13.0 Å². The second-order valence-electron chi connectivity index (χ2n) is 20.4. The summed E-state index contributed by atoms with van der Waals surface area (Å²) in [4.78, 5) is 66.6. The van der Waals surface area contributed by atoms with Gasteiger partial charge in [0.2, 0.25) is 11.8 Å². The van der Waals surface area contributed by atoms with E-state index in [2.05, 4.69) is 36.5 Å². The molecular weight excluding hydrogens is 996 g/mol. The van der Waals surface area contributed by atoms with Crippen molar-refractivity contribution in [1.29, 1.82) is 0 Å². The van der Waals surface area contributed by atoms with Gasteiger partial charge >= 0.3 is 12.1 Å². The maximum Gasteiger partial charge on any atom is 0.417 e. The van der Waals surface area contributed by atoms with Crippen LogP contribution in [0.3, 0.4) is 0 Å². The van der Waals surface area contributed by atoms with Gasteiger partial charge in [0.1, 0.15) is 11.6 Å². The minimum atomic E-state index is -4.81. The average Bonchev–Trinajstić information content (AvgIpc) is 4.02. The number of amides is 3. The van der Waals surface area contributed by atoms with E-state index in [-0.39, 0.29) is 53.1 Å². The van der Waals surface area contributed by atoms with E-state index in [1.807, 2.05) is 65.2 Å². The number of carbonyl (C=O) groups is 4. The van der Waals surface area contributed by atoms with Gasteiger partial charge in [-0.1, -0.05) is 66.6 Å². The number of nitrogens with zero attached hydrogens (tertiary/aromatic N) is 7. The van der Waals surface area contributed by atoms with Crippen molar-refractivity contribution in [3.05, 3.63) is 125 Å². The molecule has 19 heteroatoms. The zero-order valence-corrected chi connectivity index (χ0v) is 42.9. The molecule has 4 aliphatic rings. The lowest BCUT2D eigenvalue weighted by molar-refractivity contribution is -0.137. The molecule has 2 saturated heterocycles. The number of thiazole rings is 1. The molecule has 1 unspecified atom stereocenters. The molecule has 7 aromatic rings. The van der Waals surface area contributed by atoms with Gasteiger partial charge in [-0.15, -0.1) is 0 Å². The first-order valence-electron chi connectivity index (χ1n) is 26.2. The van der Waals surface area contributed by atoms with Crippen LogP contribution in [0.5, 0.6) is 5.75 Å². The quantitative estimate of drug-likeness (QED) is 0.0696. The number of halogens is 3. The first-order valence-corrected chi connectivity index (χ1v) is 27.0. The van der Waals surface area contributed by atoms with Gasteiger partial charge in [-0.25, -0.2) is 14.8 Å². The number of unbranched alkanes of at least 4 members (excludes halogenated alkanes) is 1. The SMILES string of the molecule is Cn1nc(C2CCC(=O)NC2=O)c2cccc(N3CCN(CCCCC4CCC(Oc5ccc(-c6ccc(N7CCc8cccc(C(=O)Nc9nc%10ccccc%10s9)c8C7)nc6C(=O)O)c(C(F)(F)F)c5)CC4)CC3)c21. The summed E-state index contributed by atoms with van der Waals surface area (Å²) in [6, 6.07) is 25.9. The highest BCUT2D eigenvalue weighted by Gasteiger charge is 2.37. The third kappa shape index (κ3) is 10.6. The van der Waals surface area contributed by atoms with Gasteiger partial charge < -0.3 is 19.6 Å². The number of nitrogens with one attached hydrogen (secondary N) is 2. The highest BCUT2D eigenvalue weighted by molar-refractivity contribution is 7.22. The predicted octanol–water partition coefficient (Wildman–Crippen LogP) is 10.2. The molecule has 3 aliphatic heterocycles. The molecule has 1 aliphatic carbocycles. The van der Waals surface area contributed by atoms with Crippen LogP contribution >= 0.6 is 11.3 Å². The van der Waals surface area contributed by atoms with Gasteiger partial charge in [0.05, 0.1) is 44.7 Å². The second-order valence-corrected chi connectivity index (χ2v) is 21.4. The predicted molar refractivity (Wildman–Crippen MR) is 285 cm³/mol. The van der Waals surface area contributed by atoms with Crippen molar-refractivity contribution in [3.8, 4) is 16.9 Å². The molecule has 3 amide bonds. The molecule has 3 N–H and O–H groups in total. The zero-order valence-electron chi connectivity index (χ0n) is 42.1. The first kappa shape index (κ1) is 50.8. The Morgan fingerprint density at radius 3 is 2.41 bits per heavy atom. The number of para-hydroxylation sites is 2. The van der Waals surface area contributed by atoms with Gasteiger partial charge in [0.25, 0.3) is 5.91 Å². The third-order valence-corrected chi connectivity index (χ3v) is 16.6. The summed E-state index contributed by atoms with van der Waals surface area (Å²) >= 11 is 1.37. The Morgan fingerprint density at radius 1 is 0.842 bits per heavy atom. The second kappa shape index (κ2) is 21.3. The van der Waals surface area contributed by atoms with Gasteiger partial charge in [-0.2, -0.15) is 18.3 Å². The minimum absolute atomic E-state index is 0.0880. The van der Waals surface area contributed by atoms with Gasteiger partial charge in [0.15, 0.2) is 10.8 Å². The lowest BCUT2D eigenvalue weighted by atomic mass is 9.84. The van der Waals surface area contributed by atoms with E-state index in [0.29, 0.717) is 42.4 Å². The molecule has 3 fully saturated rings. The van der Waals surface area contributed by atoms with Crippen LogP contribution in [0.2, 0.25) is 0 Å². The molecule has 76 heavy (non-hydrogen) atoms. The molecule has 15 nitrogen and oxygen atoms in total. The van der Waals surface area contributed by atoms with E-state index in [1.54, 1.807) is 6.07 Å². The summed E-state index contributed by atoms with van der Waals surface area (Å²) in [5.41, 5.74) is 3.77. The van der Waals surface area contributed by atoms with Crippen LogP contribution < -0.4 is 25.2 Å². The lowest BCUT2D eigenvalue weighted by Gasteiger charge is -2.36. The fraction of sp³-hybridized carbons (Fsp3) is 0.386. The fourth-order valence-electron chi connectivity index (χ4n) is 11.7. The number of anilines is 3. The number of carboxylic acid groups (broad SMARTS) is 1. The van der Waals surface area contributed by atoms with E-state index in [4.69, 9.17) is 9.84 Å². The van der Waals surface area contributed by atoms with Gasteiger partial charge in [-0.05, 0) is 123 Å². The van der Waals surface area contributed by atoms with Crippen molar-refractivity contribution in [1.82, 2.24) is 30.0 Å². The standard InChI is InChI=1S/C57H58F3N9O6S/c1-66-52-41(50(65-66)42-22-24-49(70)63-54(42)72)11-7-13-46(52)68-30-28-67(29-31-68)26-5-4-8-34-15-17-36(18-16-34)75-37-19-20-38(44(32-37)57(58,59)60)39-21-23-48(62-51(39)55(73)74)69-27-25-35-9-6-10-40(43(35)33-69)53(71)64-56-61-45-12-2-3-14-47(45)76-56/h2-3,6-7,9-14,19-21,23,32,34,36,42H,4-5,8,15-18,22,24-31,33H2,1H3,(H,73,74)(H,61,64,71)(H,63,70,72). The normalized spacial score (nSPS) is 19.4. The highest BCUT2D eigenvalue weighted by Crippen LogP contribution is 2.42. The molecule has 0 spiro atoms. The number of aryl methyl sites for hydroxylation is 1. The van der Waals surface area contributed by atoms with E-state index in [9.17, 15) is 37.5 Å². The average molecular weight is 1050 g/mol. The number of carboxylic acids is 1. The fourth-order valence-corrected chi connectivity index (χ4v) is 12.5. The Balaban J connectivity index is 0.670. The third-order valence-electron chi connectivity index (χ3n) is 15.6. The number of carbonyl (C=O) groups excluding carboxylic acids is 3. The van der Waals surface area contributed by atoms with Crippen LogP contribution in [0, 0.1) is 5.92 Å². The van der Waals surface area contributed by atoms with Crippen LogP contribution in [0.4, 0.5) is 29.8 Å². The number of pyridine rings is 1. The Morgan fingerprint density at radius 2 is 1.63 bits per heavy atom. The molecule has 1 atom stereocenters. The molecule has 4 aromatic carbocycles. The van der Waals surface area contributed by atoms with Crippen molar-refractivity contribution in [2.75, 3.05) is 54.4 Å². The van der Waals surface area contributed by atoms with Gasteiger partial charge in [-0.3, -0.25) is 34.6 Å². The van der Waals surface area contributed by atoms with Crippen LogP contribution in [0.15, 0.2) is 91.0 Å². The number of ether oxygens (including phenoxy) is 1. The Hall–Kier alpha value is -7.38. The molecule has 6 heterocycles. The van der Waals surface area contributed by atoms with E-state index in [1.165, 1.54) is 35.6 Å². The smallest absolute Gasteiger partial charge is 0.417 e. The van der Waals surface area contributed by atoms with Crippen molar-refractivity contribution in [2.45, 2.75) is 89.0 Å². The highest BCUT2D eigenvalue weighted by atomic mass is 32.1. The van der Waals surface area contributed by atoms with Crippen LogP contribution in [-0.2, 0) is 35.8 Å². The number of piperidine rings is 1. The number of piperazine rings is 1. The summed E-state index contributed by atoms with van der Waals surface area (Å²) < 4.78 is 53.7. The van der Waals surface area contributed by atoms with E-state index < -0.39 is 29.3 Å². The lowest BCUT2D eigenvalue weighted by Crippen LogP contribution is -2.46. The van der Waals surface area contributed by atoms with Crippen LogP contribution in [0.1, 0.15) is 107 Å². The largest absolute Gasteiger partial charge is 0.490 e. The molecular formula is C57H58F3N9O6S. The van der Waals surface area contributed by atoms with Gasteiger partial charge in [0, 0.05) is 69.3 Å². The number of hydrogen-bond donors (Lipinski definition) is 3. The zero-order chi connectivity index (χ0) is 52.7. The minimum Gasteiger partial charge on any atom is -0.490 e. The maximum atomic E-state index is 14.9. The number of hydrogen-bond acceptors (Lipinski definition) is 12. The summed E-state index contributed by atoms with van der Waals surface area (Å²) in [6.07, 6.45) is 2.85. The number of fused-ring (bicyclic) bond motifs is 3. The van der Waals surface area contributed by atoms with Crippen molar-refractivity contribution >= 4 is 72.8 Å². The Kier molecular flexibility index (Phi) is 14.2.